The van der Waals surface area contributed by atoms with Gasteiger partial charge < -0.3 is 4.74 Å². The van der Waals surface area contributed by atoms with Gasteiger partial charge >= 0.3 is 0 Å². The molecule has 1 amide bonds. The molecular formula is C25H22N4O2. The summed E-state index contributed by atoms with van der Waals surface area (Å²) in [7, 11) is 1.62. The predicted octanol–water partition coefficient (Wildman–Crippen LogP) is 4.70. The molecule has 0 aliphatic heterocycles. The summed E-state index contributed by atoms with van der Waals surface area (Å²) in [5.74, 6) is 0.440. The Bertz CT molecular complexity index is 1200. The van der Waals surface area contributed by atoms with Crippen molar-refractivity contribution in [1.82, 2.24) is 15.2 Å². The number of hydrogen-bond acceptors (Lipinski definition) is 4. The molecule has 4 rings (SSSR count). The van der Waals surface area contributed by atoms with Crippen LogP contribution in [0.4, 0.5) is 0 Å². The standard InChI is InChI=1S/C25H22N4O2/c1-18(19-13-15-22(31-2)16-14-19)26-27-25(30)23-17-29(21-11-7-4-8-12-21)28-24(23)20-9-5-3-6-10-20/h3-17H,1-2H3,(H,27,30)/b26-18-. The van der Waals surface area contributed by atoms with Gasteiger partial charge in [-0.3, -0.25) is 4.79 Å². The Morgan fingerprint density at radius 3 is 2.23 bits per heavy atom. The first-order chi connectivity index (χ1) is 15.2. The second kappa shape index (κ2) is 9.09. The van der Waals surface area contributed by atoms with Gasteiger partial charge in [0.15, 0.2) is 0 Å². The first-order valence-electron chi connectivity index (χ1n) is 9.85. The zero-order valence-corrected chi connectivity index (χ0v) is 17.3. The van der Waals surface area contributed by atoms with E-state index < -0.39 is 0 Å². The van der Waals surface area contributed by atoms with Crippen LogP contribution in [-0.4, -0.2) is 28.5 Å². The zero-order chi connectivity index (χ0) is 21.6. The van der Waals surface area contributed by atoms with Gasteiger partial charge in [-0.1, -0.05) is 48.5 Å². The number of ether oxygens (including phenoxy) is 1. The average molecular weight is 410 g/mol. The van der Waals surface area contributed by atoms with E-state index in [4.69, 9.17) is 4.74 Å². The molecule has 0 saturated carbocycles. The van der Waals surface area contributed by atoms with Crippen molar-refractivity contribution in [3.8, 4) is 22.7 Å². The van der Waals surface area contributed by atoms with Gasteiger partial charge in [-0.15, -0.1) is 0 Å². The Morgan fingerprint density at radius 2 is 1.58 bits per heavy atom. The van der Waals surface area contributed by atoms with Crippen molar-refractivity contribution in [2.75, 3.05) is 7.11 Å². The fourth-order valence-electron chi connectivity index (χ4n) is 3.15. The van der Waals surface area contributed by atoms with Crippen molar-refractivity contribution in [3.05, 3.63) is 102 Å². The van der Waals surface area contributed by atoms with Crippen LogP contribution in [0.25, 0.3) is 16.9 Å². The van der Waals surface area contributed by atoms with Crippen LogP contribution >= 0.6 is 0 Å². The van der Waals surface area contributed by atoms with E-state index in [1.807, 2.05) is 91.9 Å². The lowest BCUT2D eigenvalue weighted by atomic mass is 10.1. The molecule has 0 aliphatic rings. The Balaban J connectivity index is 1.64. The lowest BCUT2D eigenvalue weighted by Gasteiger charge is -2.05. The largest absolute Gasteiger partial charge is 0.497 e. The van der Waals surface area contributed by atoms with Crippen LogP contribution in [0.3, 0.4) is 0 Å². The lowest BCUT2D eigenvalue weighted by molar-refractivity contribution is 0.0955. The van der Waals surface area contributed by atoms with Crippen molar-refractivity contribution in [2.45, 2.75) is 6.92 Å². The van der Waals surface area contributed by atoms with Crippen LogP contribution in [-0.2, 0) is 0 Å². The van der Waals surface area contributed by atoms with Crippen LogP contribution < -0.4 is 10.2 Å². The molecular weight excluding hydrogens is 388 g/mol. The Morgan fingerprint density at radius 1 is 0.935 bits per heavy atom. The quantitative estimate of drug-likeness (QED) is 0.370. The van der Waals surface area contributed by atoms with Crippen molar-refractivity contribution in [3.63, 3.8) is 0 Å². The highest BCUT2D eigenvalue weighted by Crippen LogP contribution is 2.23. The number of methoxy groups -OCH3 is 1. The monoisotopic (exact) mass is 410 g/mol. The van der Waals surface area contributed by atoms with Gasteiger partial charge in [-0.2, -0.15) is 10.2 Å². The first kappa shape index (κ1) is 20.1. The number of para-hydroxylation sites is 1. The highest BCUT2D eigenvalue weighted by Gasteiger charge is 2.18. The lowest BCUT2D eigenvalue weighted by Crippen LogP contribution is -2.19. The summed E-state index contributed by atoms with van der Waals surface area (Å²) in [5, 5.41) is 8.95. The summed E-state index contributed by atoms with van der Waals surface area (Å²) in [6, 6.07) is 26.8. The zero-order valence-electron chi connectivity index (χ0n) is 17.3. The molecule has 0 radical (unpaired) electrons. The van der Waals surface area contributed by atoms with Crippen LogP contribution in [0.5, 0.6) is 5.75 Å². The number of nitrogens with zero attached hydrogens (tertiary/aromatic N) is 3. The molecule has 0 unspecified atom stereocenters. The minimum atomic E-state index is -0.325. The number of carbonyl (C=O) groups excluding carboxylic acids is 1. The van der Waals surface area contributed by atoms with Crippen molar-refractivity contribution < 1.29 is 9.53 Å². The van der Waals surface area contributed by atoms with Gasteiger partial charge in [-0.05, 0) is 48.9 Å². The number of nitrogens with one attached hydrogen (secondary N) is 1. The van der Waals surface area contributed by atoms with Crippen LogP contribution in [0, 0.1) is 0 Å². The minimum Gasteiger partial charge on any atom is -0.497 e. The number of hydrogen-bond donors (Lipinski definition) is 1. The molecule has 31 heavy (non-hydrogen) atoms. The maximum atomic E-state index is 13.0. The summed E-state index contributed by atoms with van der Waals surface area (Å²) in [5.41, 5.74) is 7.02. The number of rotatable bonds is 6. The van der Waals surface area contributed by atoms with Gasteiger partial charge in [0.25, 0.3) is 5.91 Å². The van der Waals surface area contributed by atoms with Crippen molar-refractivity contribution in [2.24, 2.45) is 5.10 Å². The maximum absolute atomic E-state index is 13.0. The van der Waals surface area contributed by atoms with E-state index in [1.54, 1.807) is 18.0 Å². The van der Waals surface area contributed by atoms with Gasteiger partial charge in [0.05, 0.1) is 24.1 Å². The van der Waals surface area contributed by atoms with Crippen LogP contribution in [0.1, 0.15) is 22.8 Å². The molecule has 1 N–H and O–H groups in total. The van der Waals surface area contributed by atoms with E-state index in [0.29, 0.717) is 17.0 Å². The fraction of sp³-hybridized carbons (Fsp3) is 0.0800. The highest BCUT2D eigenvalue weighted by atomic mass is 16.5. The SMILES string of the molecule is COc1ccc(/C(C)=N\NC(=O)c2cn(-c3ccccc3)nc2-c2ccccc2)cc1. The molecule has 0 saturated heterocycles. The molecule has 3 aromatic carbocycles. The molecule has 154 valence electrons. The molecule has 0 fully saturated rings. The molecule has 0 atom stereocenters. The highest BCUT2D eigenvalue weighted by molar-refractivity contribution is 6.03. The predicted molar refractivity (Wildman–Crippen MR) is 122 cm³/mol. The van der Waals surface area contributed by atoms with E-state index in [0.717, 1.165) is 22.6 Å². The Kier molecular flexibility index (Phi) is 5.89. The third-order valence-corrected chi connectivity index (χ3v) is 4.86. The molecule has 0 bridgehead atoms. The van der Waals surface area contributed by atoms with Gasteiger partial charge in [0.2, 0.25) is 0 Å². The third-order valence-electron chi connectivity index (χ3n) is 4.86. The first-order valence-corrected chi connectivity index (χ1v) is 9.85. The summed E-state index contributed by atoms with van der Waals surface area (Å²) in [6.07, 6.45) is 1.73. The van der Waals surface area contributed by atoms with E-state index in [9.17, 15) is 4.79 Å². The second-order valence-electron chi connectivity index (χ2n) is 6.90. The number of hydrazone groups is 1. The summed E-state index contributed by atoms with van der Waals surface area (Å²) in [4.78, 5) is 13.0. The topological polar surface area (TPSA) is 68.5 Å². The number of benzene rings is 3. The molecule has 1 aromatic heterocycles. The van der Waals surface area contributed by atoms with E-state index in [-0.39, 0.29) is 5.91 Å². The van der Waals surface area contributed by atoms with Crippen molar-refractivity contribution >= 4 is 11.6 Å². The molecule has 6 heteroatoms. The average Bonchev–Trinajstić information content (AvgIpc) is 3.29. The Labute approximate surface area is 180 Å². The van der Waals surface area contributed by atoms with Gasteiger partial charge in [-0.25, -0.2) is 10.1 Å². The van der Waals surface area contributed by atoms with E-state index in [1.165, 1.54) is 0 Å². The number of amides is 1. The summed E-state index contributed by atoms with van der Waals surface area (Å²) < 4.78 is 6.89. The molecule has 0 aliphatic carbocycles. The van der Waals surface area contributed by atoms with Crippen molar-refractivity contribution in [1.29, 1.82) is 0 Å². The molecule has 6 nitrogen and oxygen atoms in total. The molecule has 1 heterocycles. The maximum Gasteiger partial charge on any atom is 0.275 e. The molecule has 4 aromatic rings. The fourth-order valence-corrected chi connectivity index (χ4v) is 3.15. The number of carbonyl (C=O) groups is 1. The number of aromatic nitrogens is 2. The third kappa shape index (κ3) is 4.53. The van der Waals surface area contributed by atoms with E-state index in [2.05, 4.69) is 15.6 Å². The van der Waals surface area contributed by atoms with Crippen LogP contribution in [0.15, 0.2) is 96.2 Å². The normalized spacial score (nSPS) is 11.2. The van der Waals surface area contributed by atoms with Gasteiger partial charge in [0, 0.05) is 11.8 Å². The van der Waals surface area contributed by atoms with Gasteiger partial charge in [0.1, 0.15) is 11.4 Å². The van der Waals surface area contributed by atoms with E-state index >= 15 is 0 Å². The summed E-state index contributed by atoms with van der Waals surface area (Å²) >= 11 is 0. The second-order valence-corrected chi connectivity index (χ2v) is 6.90. The smallest absolute Gasteiger partial charge is 0.275 e. The Hall–Kier alpha value is -4.19. The van der Waals surface area contributed by atoms with Crippen LogP contribution in [0.2, 0.25) is 0 Å². The summed E-state index contributed by atoms with van der Waals surface area (Å²) in [6.45, 7) is 1.84. The molecule has 0 spiro atoms. The minimum absolute atomic E-state index is 0.325.